The van der Waals surface area contributed by atoms with Crippen molar-refractivity contribution in [3.05, 3.63) is 30.3 Å². The summed E-state index contributed by atoms with van der Waals surface area (Å²) in [5, 5.41) is 0. The SMILES string of the molecule is CCP(CC)CC.[Cl-].[Cl-].[V+2].c1cc[cH-]c1. The van der Waals surface area contributed by atoms with E-state index in [2.05, 4.69) is 20.8 Å². The molecular weight excluding hydrogens is 285 g/mol. The molecule has 4 heteroatoms. The average molecular weight is 305 g/mol. The minimum atomic E-state index is 0. The van der Waals surface area contributed by atoms with E-state index in [9.17, 15) is 0 Å². The fourth-order valence-electron chi connectivity index (χ4n) is 0.992. The minimum absolute atomic E-state index is 0. The summed E-state index contributed by atoms with van der Waals surface area (Å²) in [5.41, 5.74) is 0. The first-order valence-electron chi connectivity index (χ1n) is 4.74. The summed E-state index contributed by atoms with van der Waals surface area (Å²) in [4.78, 5) is 0. The molecule has 0 atom stereocenters. The molecule has 0 aliphatic carbocycles. The normalized spacial score (nSPS) is 7.47. The van der Waals surface area contributed by atoms with Gasteiger partial charge in [-0.15, -0.1) is 7.92 Å². The van der Waals surface area contributed by atoms with Gasteiger partial charge in [-0.3, -0.25) is 0 Å². The van der Waals surface area contributed by atoms with Crippen molar-refractivity contribution in [2.75, 3.05) is 18.5 Å². The molecule has 0 bridgehead atoms. The first-order valence-corrected chi connectivity index (χ1v) is 6.63. The van der Waals surface area contributed by atoms with Gasteiger partial charge in [-0.25, -0.2) is 12.1 Å². The second-order valence-electron chi connectivity index (χ2n) is 2.58. The van der Waals surface area contributed by atoms with Crippen LogP contribution in [0.4, 0.5) is 0 Å². The topological polar surface area (TPSA) is 0 Å². The third-order valence-electron chi connectivity index (χ3n) is 1.90. The molecule has 15 heavy (non-hydrogen) atoms. The Hall–Kier alpha value is 0.944. The zero-order valence-electron chi connectivity index (χ0n) is 9.66. The van der Waals surface area contributed by atoms with Gasteiger partial charge in [0.2, 0.25) is 0 Å². The van der Waals surface area contributed by atoms with E-state index >= 15 is 0 Å². The molecule has 0 N–H and O–H groups in total. The Morgan fingerprint density at radius 1 is 0.867 bits per heavy atom. The van der Waals surface area contributed by atoms with E-state index in [-0.39, 0.29) is 43.4 Å². The van der Waals surface area contributed by atoms with Crippen molar-refractivity contribution < 1.29 is 43.4 Å². The maximum absolute atomic E-state index is 2.29. The van der Waals surface area contributed by atoms with Gasteiger partial charge < -0.3 is 24.8 Å². The van der Waals surface area contributed by atoms with E-state index < -0.39 is 0 Å². The third kappa shape index (κ3) is 17.6. The molecular formula is C11H20Cl2PV-. The van der Waals surface area contributed by atoms with Crippen molar-refractivity contribution in [1.29, 1.82) is 0 Å². The maximum atomic E-state index is 2.29. The summed E-state index contributed by atoms with van der Waals surface area (Å²) in [6.45, 7) is 6.87. The predicted molar refractivity (Wildman–Crippen MR) is 60.6 cm³/mol. The summed E-state index contributed by atoms with van der Waals surface area (Å²) < 4.78 is 0. The molecule has 0 amide bonds. The summed E-state index contributed by atoms with van der Waals surface area (Å²) in [7, 11) is 0.446. The summed E-state index contributed by atoms with van der Waals surface area (Å²) in [6, 6.07) is 10.0. The predicted octanol–water partition coefficient (Wildman–Crippen LogP) is -2.06. The van der Waals surface area contributed by atoms with Crippen LogP contribution in [0, 0.1) is 0 Å². The van der Waals surface area contributed by atoms with Crippen molar-refractivity contribution >= 4 is 7.92 Å². The van der Waals surface area contributed by atoms with Crippen LogP contribution in [0.2, 0.25) is 0 Å². The monoisotopic (exact) mass is 304 g/mol. The quantitative estimate of drug-likeness (QED) is 0.445. The van der Waals surface area contributed by atoms with Gasteiger partial charge in [0.1, 0.15) is 0 Å². The summed E-state index contributed by atoms with van der Waals surface area (Å²) in [5.74, 6) is 0. The van der Waals surface area contributed by atoms with Gasteiger partial charge in [-0.1, -0.05) is 20.8 Å². The fraction of sp³-hybridized carbons (Fsp3) is 0.545. The second-order valence-corrected chi connectivity index (χ2v) is 5.82. The Labute approximate surface area is 120 Å². The number of hydrogen-bond donors (Lipinski definition) is 0. The molecule has 0 aromatic heterocycles. The van der Waals surface area contributed by atoms with E-state index in [1.165, 1.54) is 18.5 Å². The Balaban J connectivity index is -0.0000000687. The standard InChI is InChI=1S/C6H15P.C5H5.2ClH.V/c1-4-7(5-2)6-3;1-2-4-5-3-1;;;/h4-6H2,1-3H3;1-5H;2*1H;/q;-1;;;+2/p-2. The van der Waals surface area contributed by atoms with Gasteiger partial charge >= 0.3 is 18.6 Å². The van der Waals surface area contributed by atoms with Crippen LogP contribution >= 0.6 is 7.92 Å². The molecule has 0 spiro atoms. The average Bonchev–Trinajstić information content (AvgIpc) is 2.64. The second kappa shape index (κ2) is 20.4. The van der Waals surface area contributed by atoms with E-state index in [4.69, 9.17) is 0 Å². The minimum Gasteiger partial charge on any atom is -1.00 e. The Kier molecular flexibility index (Phi) is 33.9. The van der Waals surface area contributed by atoms with Crippen LogP contribution in [0.1, 0.15) is 20.8 Å². The molecule has 0 heterocycles. The smallest absolute Gasteiger partial charge is 1.00 e. The molecule has 0 unspecified atom stereocenters. The largest absolute Gasteiger partial charge is 2.00 e. The van der Waals surface area contributed by atoms with E-state index in [0.29, 0.717) is 7.92 Å². The van der Waals surface area contributed by atoms with Gasteiger partial charge in [-0.2, -0.15) is 18.2 Å². The molecule has 1 radical (unpaired) electrons. The van der Waals surface area contributed by atoms with Crippen molar-refractivity contribution in [2.45, 2.75) is 20.8 Å². The number of hydrogen-bond acceptors (Lipinski definition) is 0. The Morgan fingerprint density at radius 2 is 1.20 bits per heavy atom. The Bertz CT molecular complexity index is 131. The van der Waals surface area contributed by atoms with Gasteiger partial charge in [0, 0.05) is 0 Å². The van der Waals surface area contributed by atoms with Crippen LogP contribution in [0.5, 0.6) is 0 Å². The van der Waals surface area contributed by atoms with Crippen LogP contribution in [0.25, 0.3) is 0 Å². The van der Waals surface area contributed by atoms with Crippen LogP contribution in [0.15, 0.2) is 30.3 Å². The van der Waals surface area contributed by atoms with Crippen molar-refractivity contribution in [1.82, 2.24) is 0 Å². The molecule has 0 fully saturated rings. The number of halogens is 2. The molecule has 0 saturated carbocycles. The molecule has 1 rings (SSSR count). The van der Waals surface area contributed by atoms with E-state index in [1.807, 2.05) is 30.3 Å². The zero-order chi connectivity index (χ0) is 9.23. The van der Waals surface area contributed by atoms with Gasteiger partial charge in [-0.05, 0) is 18.5 Å². The van der Waals surface area contributed by atoms with Crippen LogP contribution < -0.4 is 24.8 Å². The van der Waals surface area contributed by atoms with E-state index in [0.717, 1.165) is 0 Å². The Morgan fingerprint density at radius 3 is 1.27 bits per heavy atom. The molecule has 89 valence electrons. The van der Waals surface area contributed by atoms with Gasteiger partial charge in [0.25, 0.3) is 0 Å². The van der Waals surface area contributed by atoms with E-state index in [1.54, 1.807) is 0 Å². The first-order chi connectivity index (χ1) is 5.85. The summed E-state index contributed by atoms with van der Waals surface area (Å²) >= 11 is 0. The van der Waals surface area contributed by atoms with Crippen molar-refractivity contribution in [3.8, 4) is 0 Å². The van der Waals surface area contributed by atoms with Crippen molar-refractivity contribution in [2.24, 2.45) is 0 Å². The van der Waals surface area contributed by atoms with Crippen LogP contribution in [0.3, 0.4) is 0 Å². The zero-order valence-corrected chi connectivity index (χ0v) is 13.5. The van der Waals surface area contributed by atoms with Gasteiger partial charge in [0.05, 0.1) is 0 Å². The fourth-order valence-corrected chi connectivity index (χ4v) is 2.33. The molecule has 0 aliphatic rings. The molecule has 1 aromatic carbocycles. The molecule has 0 saturated heterocycles. The van der Waals surface area contributed by atoms with Crippen LogP contribution in [-0.2, 0) is 18.6 Å². The van der Waals surface area contributed by atoms with Crippen LogP contribution in [-0.4, -0.2) is 18.5 Å². The van der Waals surface area contributed by atoms with Crippen molar-refractivity contribution in [3.63, 3.8) is 0 Å². The summed E-state index contributed by atoms with van der Waals surface area (Å²) in [6.07, 6.45) is 4.26. The molecule has 0 nitrogen and oxygen atoms in total. The van der Waals surface area contributed by atoms with Gasteiger partial charge in [0.15, 0.2) is 0 Å². The molecule has 0 aliphatic heterocycles. The third-order valence-corrected chi connectivity index (χ3v) is 4.58. The molecule has 1 aromatic rings. The first kappa shape index (κ1) is 25.0. The maximum Gasteiger partial charge on any atom is 2.00 e. The number of rotatable bonds is 3.